The number of carbonyl (C=O) groups excluding carboxylic acids is 2. The smallest absolute Gasteiger partial charge is 0.227 e. The molecule has 2 amide bonds. The van der Waals surface area contributed by atoms with Gasteiger partial charge in [0.25, 0.3) is 0 Å². The van der Waals surface area contributed by atoms with Gasteiger partial charge in [-0.25, -0.2) is 0 Å². The van der Waals surface area contributed by atoms with Gasteiger partial charge in [0.05, 0.1) is 11.4 Å². The summed E-state index contributed by atoms with van der Waals surface area (Å²) >= 11 is 5.94. The Bertz CT molecular complexity index is 650. The van der Waals surface area contributed by atoms with Crippen LogP contribution < -0.4 is 0 Å². The molecule has 1 aromatic rings. The molecule has 0 unspecified atom stereocenters. The van der Waals surface area contributed by atoms with Crippen molar-refractivity contribution in [3.05, 3.63) is 28.8 Å². The monoisotopic (exact) mass is 364 g/mol. The van der Waals surface area contributed by atoms with Crippen LogP contribution in [0.1, 0.15) is 44.1 Å². The van der Waals surface area contributed by atoms with Crippen molar-refractivity contribution in [2.75, 3.05) is 19.6 Å². The van der Waals surface area contributed by atoms with E-state index in [2.05, 4.69) is 0 Å². The maximum atomic E-state index is 12.8. The van der Waals surface area contributed by atoms with Crippen LogP contribution in [-0.2, 0) is 16.0 Å². The summed E-state index contributed by atoms with van der Waals surface area (Å²) in [6.45, 7) is 2.38. The molecule has 0 bridgehead atoms. The Morgan fingerprint density at radius 1 is 1.24 bits per heavy atom. The summed E-state index contributed by atoms with van der Waals surface area (Å²) in [5.74, 6) is 0.371. The topological polar surface area (TPSA) is 60.9 Å². The molecule has 0 aliphatic carbocycles. The Morgan fingerprint density at radius 2 is 2.08 bits per heavy atom. The van der Waals surface area contributed by atoms with Gasteiger partial charge in [-0.3, -0.25) is 9.59 Å². The van der Waals surface area contributed by atoms with Crippen LogP contribution in [0, 0.1) is 0 Å². The second-order valence-electron chi connectivity index (χ2n) is 6.97. The van der Waals surface area contributed by atoms with E-state index in [1.165, 1.54) is 6.07 Å². The van der Waals surface area contributed by atoms with Gasteiger partial charge in [0, 0.05) is 32.1 Å². The van der Waals surface area contributed by atoms with Gasteiger partial charge < -0.3 is 14.9 Å². The summed E-state index contributed by atoms with van der Waals surface area (Å²) in [7, 11) is 0. The second kappa shape index (κ2) is 8.09. The maximum Gasteiger partial charge on any atom is 0.227 e. The van der Waals surface area contributed by atoms with E-state index >= 15 is 0 Å². The number of piperidine rings is 1. The molecule has 2 fully saturated rings. The molecule has 0 aromatic heterocycles. The Balaban J connectivity index is 1.60. The number of phenols is 1. The van der Waals surface area contributed by atoms with Crippen molar-refractivity contribution in [1.82, 2.24) is 9.80 Å². The van der Waals surface area contributed by atoms with Crippen molar-refractivity contribution < 1.29 is 14.7 Å². The summed E-state index contributed by atoms with van der Waals surface area (Å²) < 4.78 is 0. The quantitative estimate of drug-likeness (QED) is 0.873. The Morgan fingerprint density at radius 3 is 2.80 bits per heavy atom. The van der Waals surface area contributed by atoms with E-state index in [0.29, 0.717) is 12.8 Å². The number of benzene rings is 1. The molecule has 5 nitrogen and oxygen atoms in total. The average Bonchev–Trinajstić information content (AvgIpc) is 3.01. The van der Waals surface area contributed by atoms with Crippen LogP contribution >= 0.6 is 11.6 Å². The molecule has 136 valence electrons. The van der Waals surface area contributed by atoms with E-state index in [4.69, 9.17) is 11.6 Å². The molecule has 3 rings (SSSR count). The van der Waals surface area contributed by atoms with Crippen LogP contribution in [0.15, 0.2) is 18.2 Å². The highest BCUT2D eigenvalue weighted by Gasteiger charge is 2.28. The predicted octanol–water partition coefficient (Wildman–Crippen LogP) is 2.98. The van der Waals surface area contributed by atoms with Gasteiger partial charge in [0.2, 0.25) is 11.8 Å². The first-order chi connectivity index (χ1) is 12.0. The van der Waals surface area contributed by atoms with Crippen molar-refractivity contribution in [2.24, 2.45) is 0 Å². The molecule has 0 spiro atoms. The summed E-state index contributed by atoms with van der Waals surface area (Å²) in [6, 6.07) is 5.12. The zero-order valence-corrected chi connectivity index (χ0v) is 15.2. The Kier molecular flexibility index (Phi) is 5.84. The highest BCUT2D eigenvalue weighted by atomic mass is 35.5. The third-order valence-corrected chi connectivity index (χ3v) is 5.52. The zero-order chi connectivity index (χ0) is 17.8. The lowest BCUT2D eigenvalue weighted by Gasteiger charge is -2.37. The van der Waals surface area contributed by atoms with Crippen LogP contribution in [0.4, 0.5) is 0 Å². The fourth-order valence-corrected chi connectivity index (χ4v) is 4.01. The normalized spacial score (nSPS) is 21.0. The number of amides is 2. The van der Waals surface area contributed by atoms with Crippen LogP contribution in [0.2, 0.25) is 5.02 Å². The van der Waals surface area contributed by atoms with E-state index in [-0.39, 0.29) is 28.6 Å². The molecule has 1 N–H and O–H groups in total. The molecular weight excluding hydrogens is 340 g/mol. The van der Waals surface area contributed by atoms with Crippen molar-refractivity contribution in [2.45, 2.75) is 51.0 Å². The molecule has 6 heteroatoms. The molecular formula is C19H25ClN2O3. The lowest BCUT2D eigenvalue weighted by molar-refractivity contribution is -0.134. The maximum absolute atomic E-state index is 12.8. The molecule has 25 heavy (non-hydrogen) atoms. The first kappa shape index (κ1) is 18.1. The highest BCUT2D eigenvalue weighted by molar-refractivity contribution is 6.32. The number of hydrogen-bond acceptors (Lipinski definition) is 3. The van der Waals surface area contributed by atoms with E-state index in [9.17, 15) is 14.7 Å². The van der Waals surface area contributed by atoms with Crippen LogP contribution in [0.25, 0.3) is 0 Å². The zero-order valence-electron chi connectivity index (χ0n) is 14.4. The number of halogens is 1. The first-order valence-electron chi connectivity index (χ1n) is 9.09. The number of likely N-dealkylation sites (tertiary alicyclic amines) is 2. The van der Waals surface area contributed by atoms with E-state index < -0.39 is 0 Å². The third kappa shape index (κ3) is 4.46. The van der Waals surface area contributed by atoms with Crippen molar-refractivity contribution in [3.8, 4) is 5.75 Å². The molecule has 0 radical (unpaired) electrons. The second-order valence-corrected chi connectivity index (χ2v) is 7.38. The summed E-state index contributed by atoms with van der Waals surface area (Å²) in [4.78, 5) is 28.5. The average molecular weight is 365 g/mol. The highest BCUT2D eigenvalue weighted by Crippen LogP contribution is 2.26. The molecule has 2 aliphatic rings. The first-order valence-corrected chi connectivity index (χ1v) is 9.47. The predicted molar refractivity (Wildman–Crippen MR) is 96.6 cm³/mol. The number of nitrogens with zero attached hydrogens (tertiary/aromatic N) is 2. The molecule has 0 saturated carbocycles. The number of phenolic OH excluding ortho intramolecular Hbond substituents is 1. The largest absolute Gasteiger partial charge is 0.506 e. The van der Waals surface area contributed by atoms with Crippen molar-refractivity contribution in [3.63, 3.8) is 0 Å². The molecule has 2 heterocycles. The summed E-state index contributed by atoms with van der Waals surface area (Å²) in [5, 5.41) is 9.78. The minimum absolute atomic E-state index is 0.0315. The number of aromatic hydroxyl groups is 1. The Labute approximate surface area is 153 Å². The minimum atomic E-state index is 0.0315. The number of hydrogen-bond donors (Lipinski definition) is 1. The molecule has 1 aromatic carbocycles. The van der Waals surface area contributed by atoms with E-state index in [0.717, 1.165) is 57.3 Å². The van der Waals surface area contributed by atoms with E-state index in [1.807, 2.05) is 9.80 Å². The number of rotatable bonds is 5. The van der Waals surface area contributed by atoms with Crippen LogP contribution in [-0.4, -0.2) is 52.4 Å². The van der Waals surface area contributed by atoms with Gasteiger partial charge >= 0.3 is 0 Å². The van der Waals surface area contributed by atoms with Crippen molar-refractivity contribution in [1.29, 1.82) is 0 Å². The molecule has 2 saturated heterocycles. The lowest BCUT2D eigenvalue weighted by Crippen LogP contribution is -2.46. The van der Waals surface area contributed by atoms with Crippen molar-refractivity contribution >= 4 is 23.4 Å². The van der Waals surface area contributed by atoms with Gasteiger partial charge in [-0.2, -0.15) is 0 Å². The SMILES string of the molecule is O=C1CCCN1CC[C@H]1CCCCN1C(=O)Cc1ccc(O)c(Cl)c1. The van der Waals surface area contributed by atoms with Gasteiger partial charge in [-0.05, 0) is 49.8 Å². The van der Waals surface area contributed by atoms with E-state index in [1.54, 1.807) is 12.1 Å². The summed E-state index contributed by atoms with van der Waals surface area (Å²) in [5.41, 5.74) is 0.812. The van der Waals surface area contributed by atoms with Gasteiger partial charge in [0.1, 0.15) is 5.75 Å². The van der Waals surface area contributed by atoms with Crippen LogP contribution in [0.5, 0.6) is 5.75 Å². The summed E-state index contributed by atoms with van der Waals surface area (Å²) in [6.07, 6.45) is 5.92. The molecule has 1 atom stereocenters. The fourth-order valence-electron chi connectivity index (χ4n) is 3.81. The third-order valence-electron chi connectivity index (χ3n) is 5.22. The van der Waals surface area contributed by atoms with Gasteiger partial charge in [0.15, 0.2) is 0 Å². The lowest BCUT2D eigenvalue weighted by atomic mass is 9.98. The molecule has 2 aliphatic heterocycles. The standard InChI is InChI=1S/C19H25ClN2O3/c20-16-12-14(6-7-17(16)23)13-19(25)22-10-2-1-4-15(22)8-11-21-9-3-5-18(21)24/h6-7,12,15,23H,1-5,8-11,13H2/t15-/m1/s1. The minimum Gasteiger partial charge on any atom is -0.506 e. The Hall–Kier alpha value is -1.75. The fraction of sp³-hybridized carbons (Fsp3) is 0.579. The van der Waals surface area contributed by atoms with Gasteiger partial charge in [-0.1, -0.05) is 17.7 Å². The van der Waals surface area contributed by atoms with Crippen LogP contribution in [0.3, 0.4) is 0 Å². The number of carbonyl (C=O) groups is 2. The van der Waals surface area contributed by atoms with Gasteiger partial charge in [-0.15, -0.1) is 0 Å².